The molecule has 0 N–H and O–H groups in total. The maximum atomic E-state index is 4.34. The second-order valence-electron chi connectivity index (χ2n) is 3.05. The van der Waals surface area contributed by atoms with Gasteiger partial charge in [0.25, 0.3) is 0 Å². The van der Waals surface area contributed by atoms with Crippen LogP contribution >= 0.6 is 12.6 Å². The average Bonchev–Trinajstić information content (AvgIpc) is 1.94. The van der Waals surface area contributed by atoms with Gasteiger partial charge >= 0.3 is 0 Å². The Labute approximate surface area is 78.9 Å². The molecule has 0 bridgehead atoms. The summed E-state index contributed by atoms with van der Waals surface area (Å²) >= 11 is 4.34. The first-order valence-corrected chi connectivity index (χ1v) is 4.36. The van der Waals surface area contributed by atoms with Gasteiger partial charge in [0.15, 0.2) is 0 Å². The monoisotopic (exact) mass is 179 g/mol. The van der Waals surface area contributed by atoms with Crippen molar-refractivity contribution >= 4 is 24.0 Å². The molecule has 1 aromatic carbocycles. The zero-order valence-corrected chi connectivity index (χ0v) is 8.52. The van der Waals surface area contributed by atoms with Gasteiger partial charge in [0.1, 0.15) is 0 Å². The third kappa shape index (κ3) is 2.38. The van der Waals surface area contributed by atoms with E-state index in [1.807, 2.05) is 39.0 Å². The Bertz CT molecular complexity index is 312. The van der Waals surface area contributed by atoms with E-state index in [9.17, 15) is 0 Å². The van der Waals surface area contributed by atoms with Crippen molar-refractivity contribution in [1.82, 2.24) is 0 Å². The van der Waals surface area contributed by atoms with Crippen molar-refractivity contribution in [2.45, 2.75) is 25.7 Å². The molecule has 0 aromatic heterocycles. The molecule has 0 aliphatic heterocycles. The maximum Gasteiger partial charge on any atom is 0.0762 e. The first-order chi connectivity index (χ1) is 5.59. The summed E-state index contributed by atoms with van der Waals surface area (Å²) in [7, 11) is 0. The molecule has 12 heavy (non-hydrogen) atoms. The van der Waals surface area contributed by atoms with Crippen LogP contribution in [-0.2, 0) is 0 Å². The zero-order chi connectivity index (χ0) is 9.14. The van der Waals surface area contributed by atoms with Crippen LogP contribution in [0.15, 0.2) is 28.1 Å². The van der Waals surface area contributed by atoms with Gasteiger partial charge in [0.05, 0.1) is 5.69 Å². The lowest BCUT2D eigenvalue weighted by Crippen LogP contribution is -1.80. The fourth-order valence-corrected chi connectivity index (χ4v) is 1.30. The molecule has 1 aromatic rings. The van der Waals surface area contributed by atoms with Gasteiger partial charge in [-0.25, -0.2) is 0 Å². The van der Waals surface area contributed by atoms with Crippen LogP contribution in [-0.4, -0.2) is 5.71 Å². The number of aliphatic imine (C=N–C) groups is 1. The van der Waals surface area contributed by atoms with E-state index in [4.69, 9.17) is 0 Å². The van der Waals surface area contributed by atoms with Gasteiger partial charge in [-0.1, -0.05) is 6.07 Å². The van der Waals surface area contributed by atoms with Crippen LogP contribution in [0.1, 0.15) is 19.4 Å². The quantitative estimate of drug-likeness (QED) is 0.501. The molecule has 0 saturated heterocycles. The molecule has 0 spiro atoms. The molecule has 0 amide bonds. The fourth-order valence-electron chi connectivity index (χ4n) is 0.969. The van der Waals surface area contributed by atoms with E-state index in [-0.39, 0.29) is 0 Å². The van der Waals surface area contributed by atoms with Gasteiger partial charge < -0.3 is 0 Å². The molecule has 0 unspecified atom stereocenters. The third-order valence-corrected chi connectivity index (χ3v) is 1.83. The summed E-state index contributed by atoms with van der Waals surface area (Å²) in [4.78, 5) is 5.28. The molecule has 1 rings (SSSR count). The largest absolute Gasteiger partial charge is 0.257 e. The summed E-state index contributed by atoms with van der Waals surface area (Å²) in [5, 5.41) is 0. The molecule has 0 aliphatic carbocycles. The summed E-state index contributed by atoms with van der Waals surface area (Å²) in [6, 6.07) is 6.05. The number of thiol groups is 1. The Balaban J connectivity index is 3.10. The molecule has 64 valence electrons. The van der Waals surface area contributed by atoms with E-state index in [1.165, 1.54) is 5.56 Å². The zero-order valence-electron chi connectivity index (χ0n) is 7.63. The Kier molecular flexibility index (Phi) is 2.93. The van der Waals surface area contributed by atoms with Gasteiger partial charge in [-0.15, -0.1) is 12.6 Å². The Morgan fingerprint density at radius 3 is 2.50 bits per heavy atom. The molecule has 0 fully saturated rings. The topological polar surface area (TPSA) is 12.4 Å². The molecule has 0 radical (unpaired) electrons. The Hall–Kier alpha value is -0.760. The van der Waals surface area contributed by atoms with Gasteiger partial charge in [-0.05, 0) is 38.5 Å². The second kappa shape index (κ2) is 3.76. The molecule has 0 heterocycles. The molecule has 0 atom stereocenters. The molecule has 2 heteroatoms. The summed E-state index contributed by atoms with van der Waals surface area (Å²) in [6.45, 7) is 6.01. The lowest BCUT2D eigenvalue weighted by molar-refractivity contribution is 1.32. The SMILES string of the molecule is CC(C)=Nc1ccc(C)cc1S. The van der Waals surface area contributed by atoms with Crippen molar-refractivity contribution in [3.8, 4) is 0 Å². The number of rotatable bonds is 1. The number of aryl methyl sites for hydroxylation is 1. The highest BCUT2D eigenvalue weighted by Gasteiger charge is 1.95. The van der Waals surface area contributed by atoms with Crippen LogP contribution in [0.4, 0.5) is 5.69 Å². The van der Waals surface area contributed by atoms with Gasteiger partial charge in [-0.2, -0.15) is 0 Å². The highest BCUT2D eigenvalue weighted by Crippen LogP contribution is 2.23. The van der Waals surface area contributed by atoms with E-state index in [1.54, 1.807) is 0 Å². The van der Waals surface area contributed by atoms with Gasteiger partial charge in [0.2, 0.25) is 0 Å². The lowest BCUT2D eigenvalue weighted by atomic mass is 10.2. The lowest BCUT2D eigenvalue weighted by Gasteiger charge is -2.00. The van der Waals surface area contributed by atoms with E-state index in [0.717, 1.165) is 16.3 Å². The van der Waals surface area contributed by atoms with E-state index in [2.05, 4.69) is 17.6 Å². The Morgan fingerprint density at radius 1 is 1.33 bits per heavy atom. The number of nitrogens with zero attached hydrogens (tertiary/aromatic N) is 1. The minimum atomic E-state index is 0.941. The highest BCUT2D eigenvalue weighted by molar-refractivity contribution is 7.80. The first-order valence-electron chi connectivity index (χ1n) is 3.91. The Morgan fingerprint density at radius 2 is 2.00 bits per heavy atom. The van der Waals surface area contributed by atoms with Crippen molar-refractivity contribution in [2.75, 3.05) is 0 Å². The minimum Gasteiger partial charge on any atom is -0.257 e. The van der Waals surface area contributed by atoms with E-state index < -0.39 is 0 Å². The van der Waals surface area contributed by atoms with Crippen molar-refractivity contribution < 1.29 is 0 Å². The number of benzene rings is 1. The standard InChI is InChI=1S/C10H13NS/c1-7(2)11-9-5-4-8(3)6-10(9)12/h4-6,12H,1-3H3. The van der Waals surface area contributed by atoms with Crippen LogP contribution in [0, 0.1) is 6.92 Å². The van der Waals surface area contributed by atoms with Gasteiger partial charge in [0, 0.05) is 10.6 Å². The molecule has 1 nitrogen and oxygen atoms in total. The molecular weight excluding hydrogens is 166 g/mol. The van der Waals surface area contributed by atoms with Crippen molar-refractivity contribution in [3.63, 3.8) is 0 Å². The van der Waals surface area contributed by atoms with Crippen LogP contribution < -0.4 is 0 Å². The molecule has 0 saturated carbocycles. The summed E-state index contributed by atoms with van der Waals surface area (Å²) in [5.74, 6) is 0. The predicted octanol–water partition coefficient (Wildman–Crippen LogP) is 3.40. The predicted molar refractivity (Wildman–Crippen MR) is 56.9 cm³/mol. The highest BCUT2D eigenvalue weighted by atomic mass is 32.1. The minimum absolute atomic E-state index is 0.941. The van der Waals surface area contributed by atoms with E-state index in [0.29, 0.717) is 0 Å². The van der Waals surface area contributed by atoms with E-state index >= 15 is 0 Å². The fraction of sp³-hybridized carbons (Fsp3) is 0.300. The van der Waals surface area contributed by atoms with Crippen LogP contribution in [0.5, 0.6) is 0 Å². The summed E-state index contributed by atoms with van der Waals surface area (Å²) in [6.07, 6.45) is 0. The third-order valence-electron chi connectivity index (χ3n) is 1.47. The molecular formula is C10H13NS. The number of hydrogen-bond acceptors (Lipinski definition) is 2. The maximum absolute atomic E-state index is 4.34. The van der Waals surface area contributed by atoms with Crippen LogP contribution in [0.2, 0.25) is 0 Å². The normalized spacial score (nSPS) is 9.67. The van der Waals surface area contributed by atoms with Crippen molar-refractivity contribution in [2.24, 2.45) is 4.99 Å². The average molecular weight is 179 g/mol. The van der Waals surface area contributed by atoms with Crippen molar-refractivity contribution in [3.05, 3.63) is 23.8 Å². The smallest absolute Gasteiger partial charge is 0.0762 e. The van der Waals surface area contributed by atoms with Crippen LogP contribution in [0.25, 0.3) is 0 Å². The molecule has 0 aliphatic rings. The van der Waals surface area contributed by atoms with Crippen LogP contribution in [0.3, 0.4) is 0 Å². The summed E-state index contributed by atoms with van der Waals surface area (Å²) < 4.78 is 0. The number of hydrogen-bond donors (Lipinski definition) is 1. The summed E-state index contributed by atoms with van der Waals surface area (Å²) in [5.41, 5.74) is 3.21. The first kappa shape index (κ1) is 9.33. The van der Waals surface area contributed by atoms with Gasteiger partial charge in [-0.3, -0.25) is 4.99 Å². The second-order valence-corrected chi connectivity index (χ2v) is 3.53. The van der Waals surface area contributed by atoms with Crippen molar-refractivity contribution in [1.29, 1.82) is 0 Å².